The van der Waals surface area contributed by atoms with Crippen LogP contribution in [0.1, 0.15) is 5.56 Å². The summed E-state index contributed by atoms with van der Waals surface area (Å²) in [7, 11) is 0. The molecular weight excluding hydrogens is 689 g/mol. The van der Waals surface area contributed by atoms with Crippen LogP contribution in [0, 0.1) is 6.92 Å². The fourth-order valence-corrected chi connectivity index (χ4v) is 9.69. The Hall–Kier alpha value is -7.42. The first-order valence-corrected chi connectivity index (χ1v) is 19.8. The third kappa shape index (κ3) is 4.71. The maximum atomic E-state index is 2.47. The standard InChI is InChI=1S/C55H36N2/c1-35-14-2-12-24-53(35)56(36-26-29-47-43-19-5-3-15-39(43)41-17-7-9-21-45(41)51(47)32-36)38-28-31-50-49-23-11-13-25-54(49)57(55(50)34-38)37-27-30-48-44-20-6-4-16-40(44)42-18-8-10-22-46(42)52(48)33-37/h2-34H,1H3. The van der Waals surface area contributed by atoms with Gasteiger partial charge in [0.05, 0.1) is 11.0 Å². The summed E-state index contributed by atoms with van der Waals surface area (Å²) < 4.78 is 2.47. The third-order valence-corrected chi connectivity index (χ3v) is 12.2. The maximum Gasteiger partial charge on any atom is 0.0561 e. The highest BCUT2D eigenvalue weighted by Crippen LogP contribution is 2.44. The van der Waals surface area contributed by atoms with Crippen molar-refractivity contribution in [2.45, 2.75) is 6.92 Å². The van der Waals surface area contributed by atoms with Crippen LogP contribution >= 0.6 is 0 Å². The van der Waals surface area contributed by atoms with Crippen molar-refractivity contribution in [2.24, 2.45) is 0 Å². The minimum atomic E-state index is 1.11. The van der Waals surface area contributed by atoms with Gasteiger partial charge in [-0.3, -0.25) is 0 Å². The summed E-state index contributed by atoms with van der Waals surface area (Å²) in [5, 5.41) is 17.8. The second-order valence-electron chi connectivity index (χ2n) is 15.3. The second kappa shape index (κ2) is 12.3. The first-order valence-electron chi connectivity index (χ1n) is 19.8. The predicted molar refractivity (Wildman–Crippen MR) is 245 cm³/mol. The topological polar surface area (TPSA) is 8.17 Å². The molecule has 0 aliphatic heterocycles. The Morgan fingerprint density at radius 3 is 1.25 bits per heavy atom. The van der Waals surface area contributed by atoms with Gasteiger partial charge in [-0.1, -0.05) is 152 Å². The van der Waals surface area contributed by atoms with Gasteiger partial charge in [-0.25, -0.2) is 0 Å². The van der Waals surface area contributed by atoms with E-state index in [4.69, 9.17) is 0 Å². The van der Waals surface area contributed by atoms with Crippen LogP contribution in [-0.4, -0.2) is 4.57 Å². The summed E-state index contributed by atoms with van der Waals surface area (Å²) in [6.07, 6.45) is 0. The van der Waals surface area contributed by atoms with Crippen molar-refractivity contribution < 1.29 is 0 Å². The fourth-order valence-electron chi connectivity index (χ4n) is 9.69. The molecular formula is C55H36N2. The molecule has 0 saturated carbocycles. The Labute approximate surface area is 330 Å². The Kier molecular flexibility index (Phi) is 6.88. The second-order valence-corrected chi connectivity index (χ2v) is 15.3. The SMILES string of the molecule is Cc1ccccc1N(c1ccc2c3ccccc3c3ccccc3c2c1)c1ccc2c3ccccc3n(-c3ccc4c5ccccc5c5ccccc5c4c3)c2c1. The van der Waals surface area contributed by atoms with Crippen LogP contribution in [0.5, 0.6) is 0 Å². The molecule has 0 saturated heterocycles. The van der Waals surface area contributed by atoms with Crippen molar-refractivity contribution in [2.75, 3.05) is 4.90 Å². The van der Waals surface area contributed by atoms with Gasteiger partial charge in [0.1, 0.15) is 0 Å². The van der Waals surface area contributed by atoms with E-state index in [9.17, 15) is 0 Å². The molecule has 0 aliphatic carbocycles. The smallest absolute Gasteiger partial charge is 0.0561 e. The number of anilines is 3. The maximum absolute atomic E-state index is 2.47. The van der Waals surface area contributed by atoms with Crippen molar-refractivity contribution in [1.82, 2.24) is 4.57 Å². The number of hydrogen-bond acceptors (Lipinski definition) is 1. The molecule has 11 aromatic carbocycles. The quantitative estimate of drug-likeness (QED) is 0.164. The number of aryl methyl sites for hydroxylation is 1. The lowest BCUT2D eigenvalue weighted by molar-refractivity contribution is 1.18. The fraction of sp³-hybridized carbons (Fsp3) is 0.0182. The first kappa shape index (κ1) is 31.9. The highest BCUT2D eigenvalue weighted by Gasteiger charge is 2.20. The number of para-hydroxylation sites is 2. The Morgan fingerprint density at radius 2 is 0.684 bits per heavy atom. The van der Waals surface area contributed by atoms with Crippen LogP contribution in [0.2, 0.25) is 0 Å². The van der Waals surface area contributed by atoms with E-state index in [2.05, 4.69) is 217 Å². The number of rotatable bonds is 4. The minimum absolute atomic E-state index is 1.11. The van der Waals surface area contributed by atoms with Gasteiger partial charge < -0.3 is 9.47 Å². The highest BCUT2D eigenvalue weighted by molar-refractivity contribution is 6.27. The van der Waals surface area contributed by atoms with Crippen LogP contribution in [-0.2, 0) is 0 Å². The average molecular weight is 725 g/mol. The van der Waals surface area contributed by atoms with Gasteiger partial charge in [-0.15, -0.1) is 0 Å². The van der Waals surface area contributed by atoms with Crippen LogP contribution in [0.15, 0.2) is 200 Å². The molecule has 1 heterocycles. The summed E-state index contributed by atoms with van der Waals surface area (Å²) in [6, 6.07) is 73.9. The molecule has 0 N–H and O–H groups in total. The summed E-state index contributed by atoms with van der Waals surface area (Å²) in [6.45, 7) is 2.21. The van der Waals surface area contributed by atoms with Crippen molar-refractivity contribution in [3.8, 4) is 5.69 Å². The molecule has 1 aromatic heterocycles. The minimum Gasteiger partial charge on any atom is -0.310 e. The molecule has 0 fully saturated rings. The van der Waals surface area contributed by atoms with Gasteiger partial charge in [0.2, 0.25) is 0 Å². The molecule has 2 nitrogen and oxygen atoms in total. The molecule has 12 rings (SSSR count). The van der Waals surface area contributed by atoms with Crippen molar-refractivity contribution in [3.05, 3.63) is 206 Å². The van der Waals surface area contributed by atoms with E-state index in [0.717, 1.165) is 22.7 Å². The van der Waals surface area contributed by atoms with Gasteiger partial charge in [0.15, 0.2) is 0 Å². The van der Waals surface area contributed by atoms with Gasteiger partial charge >= 0.3 is 0 Å². The molecule has 0 bridgehead atoms. The van der Waals surface area contributed by atoms with E-state index in [1.807, 2.05) is 0 Å². The highest BCUT2D eigenvalue weighted by atomic mass is 15.1. The van der Waals surface area contributed by atoms with E-state index in [1.54, 1.807) is 0 Å². The molecule has 0 spiro atoms. The van der Waals surface area contributed by atoms with Gasteiger partial charge in [0.25, 0.3) is 0 Å². The molecule has 0 amide bonds. The van der Waals surface area contributed by atoms with Crippen LogP contribution < -0.4 is 4.90 Å². The van der Waals surface area contributed by atoms with Crippen LogP contribution in [0.25, 0.3) is 92.1 Å². The Balaban J connectivity index is 1.13. The van der Waals surface area contributed by atoms with Crippen LogP contribution in [0.4, 0.5) is 17.1 Å². The van der Waals surface area contributed by atoms with Gasteiger partial charge in [-0.2, -0.15) is 0 Å². The number of nitrogens with zero attached hydrogens (tertiary/aromatic N) is 2. The van der Waals surface area contributed by atoms with E-state index in [1.165, 1.54) is 92.0 Å². The van der Waals surface area contributed by atoms with Crippen molar-refractivity contribution >= 4 is 104 Å². The van der Waals surface area contributed by atoms with Crippen molar-refractivity contribution in [3.63, 3.8) is 0 Å². The van der Waals surface area contributed by atoms with E-state index >= 15 is 0 Å². The zero-order valence-electron chi connectivity index (χ0n) is 31.4. The summed E-state index contributed by atoms with van der Waals surface area (Å²) in [5.41, 5.74) is 8.14. The molecule has 0 aliphatic rings. The lowest BCUT2D eigenvalue weighted by atomic mass is 9.94. The zero-order chi connectivity index (χ0) is 37.6. The molecule has 0 unspecified atom stereocenters. The monoisotopic (exact) mass is 724 g/mol. The summed E-state index contributed by atoms with van der Waals surface area (Å²) >= 11 is 0. The predicted octanol–water partition coefficient (Wildman–Crippen LogP) is 15.5. The van der Waals surface area contributed by atoms with E-state index < -0.39 is 0 Å². The summed E-state index contributed by atoms with van der Waals surface area (Å²) in [5.74, 6) is 0. The molecule has 0 atom stereocenters. The number of hydrogen-bond donors (Lipinski definition) is 0. The third-order valence-electron chi connectivity index (χ3n) is 12.2. The van der Waals surface area contributed by atoms with Gasteiger partial charge in [-0.05, 0) is 126 Å². The molecule has 57 heavy (non-hydrogen) atoms. The van der Waals surface area contributed by atoms with E-state index in [-0.39, 0.29) is 0 Å². The normalized spacial score (nSPS) is 11.9. The number of benzene rings is 11. The Bertz CT molecular complexity index is 3540. The molecule has 266 valence electrons. The van der Waals surface area contributed by atoms with Crippen LogP contribution in [0.3, 0.4) is 0 Å². The number of aromatic nitrogens is 1. The van der Waals surface area contributed by atoms with E-state index in [0.29, 0.717) is 0 Å². The molecule has 2 heteroatoms. The summed E-state index contributed by atoms with van der Waals surface area (Å²) in [4.78, 5) is 2.44. The average Bonchev–Trinajstić information content (AvgIpc) is 3.61. The lowest BCUT2D eigenvalue weighted by Gasteiger charge is -2.28. The largest absolute Gasteiger partial charge is 0.310 e. The Morgan fingerprint density at radius 1 is 0.298 bits per heavy atom. The van der Waals surface area contributed by atoms with Crippen molar-refractivity contribution in [1.29, 1.82) is 0 Å². The molecule has 12 aromatic rings. The number of fused-ring (bicyclic) bond motifs is 15. The zero-order valence-corrected chi connectivity index (χ0v) is 31.4. The lowest BCUT2D eigenvalue weighted by Crippen LogP contribution is -2.11. The molecule has 0 radical (unpaired) electrons. The van der Waals surface area contributed by atoms with Gasteiger partial charge in [0, 0.05) is 33.5 Å². The first-order chi connectivity index (χ1) is 28.2.